The monoisotopic (exact) mass is 242 g/mol. The lowest BCUT2D eigenvalue weighted by Gasteiger charge is -2.36. The third-order valence-electron chi connectivity index (χ3n) is 4.38. The van der Waals surface area contributed by atoms with E-state index in [2.05, 4.69) is 13.8 Å². The molecule has 1 aliphatic heterocycles. The van der Waals surface area contributed by atoms with Crippen LogP contribution in [0.25, 0.3) is 0 Å². The fourth-order valence-corrected chi connectivity index (χ4v) is 3.54. The van der Waals surface area contributed by atoms with Gasteiger partial charge in [0.15, 0.2) is 0 Å². The van der Waals surface area contributed by atoms with Gasteiger partial charge in [0.1, 0.15) is 0 Å². The molecule has 2 fully saturated rings. The number of rotatable bonds is 4. The van der Waals surface area contributed by atoms with Crippen molar-refractivity contribution in [2.24, 2.45) is 5.41 Å². The highest BCUT2D eigenvalue weighted by Gasteiger charge is 2.62. The van der Waals surface area contributed by atoms with E-state index in [0.29, 0.717) is 13.2 Å². The number of hydrogen-bond acceptors (Lipinski definition) is 3. The molecule has 1 spiro atoms. The van der Waals surface area contributed by atoms with Crippen LogP contribution in [0, 0.1) is 5.41 Å². The van der Waals surface area contributed by atoms with Gasteiger partial charge in [-0.25, -0.2) is 0 Å². The average Bonchev–Trinajstić information content (AvgIpc) is 2.74. The summed E-state index contributed by atoms with van der Waals surface area (Å²) in [6, 6.07) is 0. The van der Waals surface area contributed by atoms with Gasteiger partial charge < -0.3 is 14.2 Å². The minimum Gasteiger partial charge on any atom is -0.328 e. The summed E-state index contributed by atoms with van der Waals surface area (Å²) in [6.07, 6.45) is 5.64. The SMILES string of the molecule is CCOC1(OCC)CC(C)(C)C2(CCCC2)O1. The standard InChI is InChI=1S/C14H26O3/c1-5-15-14(16-6-2)11-12(3,4)13(17-14)9-7-8-10-13/h5-11H2,1-4H3. The maximum absolute atomic E-state index is 6.35. The molecule has 0 aromatic carbocycles. The Labute approximate surface area is 105 Å². The van der Waals surface area contributed by atoms with Crippen molar-refractivity contribution in [2.45, 2.75) is 71.4 Å². The Balaban J connectivity index is 2.22. The molecule has 2 aliphatic rings. The van der Waals surface area contributed by atoms with E-state index >= 15 is 0 Å². The van der Waals surface area contributed by atoms with Gasteiger partial charge in [0.25, 0.3) is 5.97 Å². The van der Waals surface area contributed by atoms with Gasteiger partial charge in [-0.1, -0.05) is 26.7 Å². The highest BCUT2D eigenvalue weighted by Crippen LogP contribution is 2.58. The predicted octanol–water partition coefficient (Wildman–Crippen LogP) is 3.47. The van der Waals surface area contributed by atoms with Crippen LogP contribution in [0.15, 0.2) is 0 Å². The topological polar surface area (TPSA) is 27.7 Å². The van der Waals surface area contributed by atoms with Crippen LogP contribution in [0.2, 0.25) is 0 Å². The summed E-state index contributed by atoms with van der Waals surface area (Å²) in [7, 11) is 0. The van der Waals surface area contributed by atoms with Gasteiger partial charge in [-0.2, -0.15) is 0 Å². The minimum atomic E-state index is -0.794. The highest BCUT2D eigenvalue weighted by molar-refractivity contribution is 5.05. The molecular formula is C14H26O3. The van der Waals surface area contributed by atoms with E-state index in [4.69, 9.17) is 14.2 Å². The molecule has 0 amide bonds. The van der Waals surface area contributed by atoms with Crippen LogP contribution in [-0.2, 0) is 14.2 Å². The van der Waals surface area contributed by atoms with Crippen LogP contribution in [0.1, 0.15) is 59.8 Å². The van der Waals surface area contributed by atoms with E-state index in [9.17, 15) is 0 Å². The Kier molecular flexibility index (Phi) is 3.54. The maximum atomic E-state index is 6.35. The third kappa shape index (κ3) is 2.13. The van der Waals surface area contributed by atoms with Crippen LogP contribution in [-0.4, -0.2) is 24.8 Å². The first-order valence-corrected chi connectivity index (χ1v) is 6.97. The number of hydrogen-bond donors (Lipinski definition) is 0. The Bertz CT molecular complexity index is 261. The zero-order valence-corrected chi connectivity index (χ0v) is 11.7. The van der Waals surface area contributed by atoms with E-state index in [0.717, 1.165) is 19.3 Å². The molecule has 0 unspecified atom stereocenters. The van der Waals surface area contributed by atoms with Crippen molar-refractivity contribution < 1.29 is 14.2 Å². The first kappa shape index (κ1) is 13.3. The quantitative estimate of drug-likeness (QED) is 0.706. The third-order valence-corrected chi connectivity index (χ3v) is 4.38. The second kappa shape index (κ2) is 4.52. The predicted molar refractivity (Wildman–Crippen MR) is 66.7 cm³/mol. The molecule has 100 valence electrons. The van der Waals surface area contributed by atoms with Crippen molar-refractivity contribution in [2.75, 3.05) is 13.2 Å². The van der Waals surface area contributed by atoms with Crippen molar-refractivity contribution in [3.63, 3.8) is 0 Å². The fraction of sp³-hybridized carbons (Fsp3) is 1.00. The summed E-state index contributed by atoms with van der Waals surface area (Å²) in [5.41, 5.74) is 0.102. The number of ether oxygens (including phenoxy) is 3. The molecule has 0 radical (unpaired) electrons. The van der Waals surface area contributed by atoms with Gasteiger partial charge in [0, 0.05) is 25.0 Å². The van der Waals surface area contributed by atoms with Crippen molar-refractivity contribution >= 4 is 0 Å². The van der Waals surface area contributed by atoms with Gasteiger partial charge in [-0.3, -0.25) is 0 Å². The lowest BCUT2D eigenvalue weighted by molar-refractivity contribution is -0.381. The summed E-state index contributed by atoms with van der Waals surface area (Å²) in [5, 5.41) is 0. The molecule has 0 bridgehead atoms. The zero-order chi connectivity index (χ0) is 12.6. The van der Waals surface area contributed by atoms with Gasteiger partial charge in [0.2, 0.25) is 0 Å². The molecule has 2 rings (SSSR count). The van der Waals surface area contributed by atoms with Crippen LogP contribution in [0.3, 0.4) is 0 Å². The second-order valence-corrected chi connectivity index (χ2v) is 5.91. The maximum Gasteiger partial charge on any atom is 0.284 e. The van der Waals surface area contributed by atoms with Crippen LogP contribution >= 0.6 is 0 Å². The molecule has 0 aromatic rings. The Hall–Kier alpha value is -0.120. The zero-order valence-electron chi connectivity index (χ0n) is 11.7. The first-order chi connectivity index (χ1) is 7.99. The molecule has 3 heteroatoms. The Morgan fingerprint density at radius 3 is 2.00 bits per heavy atom. The molecule has 0 N–H and O–H groups in total. The summed E-state index contributed by atoms with van der Waals surface area (Å²) < 4.78 is 18.0. The first-order valence-electron chi connectivity index (χ1n) is 6.97. The lowest BCUT2D eigenvalue weighted by atomic mass is 9.73. The van der Waals surface area contributed by atoms with Crippen LogP contribution < -0.4 is 0 Å². The highest BCUT2D eigenvalue weighted by atomic mass is 16.9. The molecule has 1 saturated carbocycles. The molecule has 0 atom stereocenters. The average molecular weight is 242 g/mol. The molecule has 17 heavy (non-hydrogen) atoms. The summed E-state index contributed by atoms with van der Waals surface area (Å²) in [5.74, 6) is -0.794. The van der Waals surface area contributed by atoms with Gasteiger partial charge in [-0.15, -0.1) is 0 Å². The van der Waals surface area contributed by atoms with Crippen LogP contribution in [0.4, 0.5) is 0 Å². The molecule has 1 aliphatic carbocycles. The van der Waals surface area contributed by atoms with E-state index in [-0.39, 0.29) is 11.0 Å². The van der Waals surface area contributed by atoms with E-state index < -0.39 is 5.97 Å². The normalized spacial score (nSPS) is 28.9. The van der Waals surface area contributed by atoms with E-state index in [1.54, 1.807) is 0 Å². The molecule has 1 heterocycles. The van der Waals surface area contributed by atoms with Crippen molar-refractivity contribution in [3.8, 4) is 0 Å². The molecule has 3 nitrogen and oxygen atoms in total. The van der Waals surface area contributed by atoms with Crippen molar-refractivity contribution in [1.29, 1.82) is 0 Å². The van der Waals surface area contributed by atoms with Crippen molar-refractivity contribution in [1.82, 2.24) is 0 Å². The lowest BCUT2D eigenvalue weighted by Crippen LogP contribution is -2.41. The summed E-state index contributed by atoms with van der Waals surface area (Å²) in [6.45, 7) is 9.84. The fourth-order valence-electron chi connectivity index (χ4n) is 3.54. The molecule has 0 aromatic heterocycles. The summed E-state index contributed by atoms with van der Waals surface area (Å²) in [4.78, 5) is 0. The molecule has 1 saturated heterocycles. The molecular weight excluding hydrogens is 216 g/mol. The van der Waals surface area contributed by atoms with E-state index in [1.807, 2.05) is 13.8 Å². The second-order valence-electron chi connectivity index (χ2n) is 5.91. The smallest absolute Gasteiger partial charge is 0.284 e. The van der Waals surface area contributed by atoms with Crippen LogP contribution in [0.5, 0.6) is 0 Å². The van der Waals surface area contributed by atoms with Gasteiger partial charge in [-0.05, 0) is 26.7 Å². The van der Waals surface area contributed by atoms with E-state index in [1.165, 1.54) is 12.8 Å². The minimum absolute atomic E-state index is 0.0304. The Morgan fingerprint density at radius 2 is 1.53 bits per heavy atom. The Morgan fingerprint density at radius 1 is 1.00 bits per heavy atom. The van der Waals surface area contributed by atoms with Gasteiger partial charge >= 0.3 is 0 Å². The van der Waals surface area contributed by atoms with Crippen molar-refractivity contribution in [3.05, 3.63) is 0 Å². The van der Waals surface area contributed by atoms with Gasteiger partial charge in [0.05, 0.1) is 5.60 Å². The summed E-state index contributed by atoms with van der Waals surface area (Å²) >= 11 is 0. The largest absolute Gasteiger partial charge is 0.328 e.